The summed E-state index contributed by atoms with van der Waals surface area (Å²) in [6.07, 6.45) is 5.21. The quantitative estimate of drug-likeness (QED) is 0.811. The summed E-state index contributed by atoms with van der Waals surface area (Å²) in [7, 11) is 0. The first-order valence-electron chi connectivity index (χ1n) is 7.38. The second kappa shape index (κ2) is 4.83. The number of hydrogen-bond acceptors (Lipinski definition) is 2. The number of rotatable bonds is 1. The number of piperidine rings is 1. The van der Waals surface area contributed by atoms with E-state index < -0.39 is 0 Å². The normalized spacial score (nSPS) is 27.6. The van der Waals surface area contributed by atoms with Gasteiger partial charge in [-0.15, -0.1) is 0 Å². The van der Waals surface area contributed by atoms with Crippen LogP contribution in [0.5, 0.6) is 0 Å². The van der Waals surface area contributed by atoms with Crippen molar-refractivity contribution >= 4 is 11.4 Å². The van der Waals surface area contributed by atoms with Crippen LogP contribution >= 0.6 is 0 Å². The van der Waals surface area contributed by atoms with Gasteiger partial charge in [0.1, 0.15) is 0 Å². The van der Waals surface area contributed by atoms with Gasteiger partial charge in [-0.2, -0.15) is 0 Å². The zero-order chi connectivity index (χ0) is 12.5. The molecule has 1 fully saturated rings. The van der Waals surface area contributed by atoms with Crippen LogP contribution in [0.4, 0.5) is 11.4 Å². The Kier molecular flexibility index (Phi) is 3.19. The molecule has 1 saturated heterocycles. The lowest BCUT2D eigenvalue weighted by Crippen LogP contribution is -2.41. The van der Waals surface area contributed by atoms with Crippen LogP contribution < -0.4 is 10.2 Å². The van der Waals surface area contributed by atoms with Crippen LogP contribution in [0, 0.1) is 5.92 Å². The lowest BCUT2D eigenvalue weighted by Gasteiger charge is -2.40. The van der Waals surface area contributed by atoms with E-state index >= 15 is 0 Å². The fourth-order valence-corrected chi connectivity index (χ4v) is 3.38. The van der Waals surface area contributed by atoms with Crippen LogP contribution in [0.1, 0.15) is 38.7 Å². The Hall–Kier alpha value is -1.18. The maximum absolute atomic E-state index is 3.54. The van der Waals surface area contributed by atoms with Crippen molar-refractivity contribution in [3.8, 4) is 0 Å². The van der Waals surface area contributed by atoms with Gasteiger partial charge in [-0.3, -0.25) is 0 Å². The lowest BCUT2D eigenvalue weighted by molar-refractivity contribution is 0.389. The lowest BCUT2D eigenvalue weighted by atomic mass is 9.92. The van der Waals surface area contributed by atoms with Crippen molar-refractivity contribution in [2.24, 2.45) is 5.92 Å². The molecule has 0 bridgehead atoms. The summed E-state index contributed by atoms with van der Waals surface area (Å²) in [5.74, 6) is 0.827. The second-order valence-electron chi connectivity index (χ2n) is 6.02. The van der Waals surface area contributed by atoms with Gasteiger partial charge in [0.05, 0.1) is 0 Å². The van der Waals surface area contributed by atoms with Gasteiger partial charge in [-0.05, 0) is 56.2 Å². The third-order valence-electron chi connectivity index (χ3n) is 4.50. The van der Waals surface area contributed by atoms with E-state index in [0.717, 1.165) is 12.5 Å². The van der Waals surface area contributed by atoms with Crippen LogP contribution in [0.25, 0.3) is 0 Å². The summed E-state index contributed by atoms with van der Waals surface area (Å²) in [5.41, 5.74) is 4.40. The predicted octanol–water partition coefficient (Wildman–Crippen LogP) is 3.67. The van der Waals surface area contributed by atoms with Gasteiger partial charge >= 0.3 is 0 Å². The van der Waals surface area contributed by atoms with E-state index in [4.69, 9.17) is 0 Å². The molecule has 2 aliphatic heterocycles. The minimum atomic E-state index is 0.689. The first-order chi connectivity index (χ1) is 8.75. The molecule has 3 rings (SSSR count). The van der Waals surface area contributed by atoms with Crippen molar-refractivity contribution in [3.05, 3.63) is 23.8 Å². The van der Waals surface area contributed by atoms with Crippen LogP contribution in [-0.2, 0) is 6.42 Å². The van der Waals surface area contributed by atoms with Crippen molar-refractivity contribution in [2.75, 3.05) is 23.3 Å². The van der Waals surface area contributed by atoms with E-state index in [1.54, 1.807) is 5.56 Å². The van der Waals surface area contributed by atoms with Crippen molar-refractivity contribution in [3.63, 3.8) is 0 Å². The first-order valence-corrected chi connectivity index (χ1v) is 7.38. The molecule has 2 nitrogen and oxygen atoms in total. The largest absolute Gasteiger partial charge is 0.385 e. The highest BCUT2D eigenvalue weighted by Gasteiger charge is 2.26. The molecule has 0 saturated carbocycles. The van der Waals surface area contributed by atoms with Crippen molar-refractivity contribution in [1.82, 2.24) is 0 Å². The third kappa shape index (κ3) is 2.09. The summed E-state index contributed by atoms with van der Waals surface area (Å²) in [5, 5.41) is 3.54. The van der Waals surface area contributed by atoms with Gasteiger partial charge in [0.2, 0.25) is 0 Å². The Balaban J connectivity index is 1.95. The highest BCUT2D eigenvalue weighted by molar-refractivity contribution is 5.68. The summed E-state index contributed by atoms with van der Waals surface area (Å²) in [4.78, 5) is 2.64. The van der Waals surface area contributed by atoms with E-state index in [0.29, 0.717) is 6.04 Å². The molecule has 0 spiro atoms. The molecule has 2 heterocycles. The van der Waals surface area contributed by atoms with E-state index in [2.05, 4.69) is 42.3 Å². The first kappa shape index (κ1) is 11.9. The summed E-state index contributed by atoms with van der Waals surface area (Å²) in [6.45, 7) is 7.11. The molecule has 1 aromatic rings. The van der Waals surface area contributed by atoms with E-state index in [9.17, 15) is 0 Å². The van der Waals surface area contributed by atoms with Crippen LogP contribution in [0.3, 0.4) is 0 Å². The zero-order valence-corrected chi connectivity index (χ0v) is 11.6. The highest BCUT2D eigenvalue weighted by Crippen LogP contribution is 2.35. The number of hydrogen-bond donors (Lipinski definition) is 1. The summed E-state index contributed by atoms with van der Waals surface area (Å²) < 4.78 is 0. The molecule has 2 aliphatic rings. The van der Waals surface area contributed by atoms with Crippen molar-refractivity contribution in [1.29, 1.82) is 0 Å². The summed E-state index contributed by atoms with van der Waals surface area (Å²) in [6, 6.07) is 7.45. The predicted molar refractivity (Wildman–Crippen MR) is 78.5 cm³/mol. The Morgan fingerprint density at radius 2 is 2.11 bits per heavy atom. The number of nitrogens with one attached hydrogen (secondary N) is 1. The molecule has 2 unspecified atom stereocenters. The smallest absolute Gasteiger partial charge is 0.0422 e. The molecule has 0 aromatic heterocycles. The van der Waals surface area contributed by atoms with Gasteiger partial charge in [0.15, 0.2) is 0 Å². The second-order valence-corrected chi connectivity index (χ2v) is 6.02. The highest BCUT2D eigenvalue weighted by atomic mass is 15.2. The molecule has 1 N–H and O–H groups in total. The molecule has 0 radical (unpaired) electrons. The van der Waals surface area contributed by atoms with Crippen LogP contribution in [-0.4, -0.2) is 19.1 Å². The van der Waals surface area contributed by atoms with Gasteiger partial charge in [0, 0.05) is 30.5 Å². The Bertz CT molecular complexity index is 427. The van der Waals surface area contributed by atoms with Crippen LogP contribution in [0.2, 0.25) is 0 Å². The van der Waals surface area contributed by atoms with Gasteiger partial charge in [0.25, 0.3) is 0 Å². The van der Waals surface area contributed by atoms with Gasteiger partial charge < -0.3 is 10.2 Å². The number of nitrogens with zero attached hydrogens (tertiary/aromatic N) is 1. The van der Waals surface area contributed by atoms with E-state index in [1.807, 2.05) is 0 Å². The minimum Gasteiger partial charge on any atom is -0.385 e. The standard InChI is InChI=1S/C16H24N2/c1-12-8-9-13(2)18(11-12)16-7-3-6-15-14(16)5-4-10-17-15/h3,6-7,12-13,17H,4-5,8-11H2,1-2H3. The van der Waals surface area contributed by atoms with Gasteiger partial charge in [-0.1, -0.05) is 13.0 Å². The minimum absolute atomic E-state index is 0.689. The average Bonchev–Trinajstić information content (AvgIpc) is 2.41. The van der Waals surface area contributed by atoms with E-state index in [-0.39, 0.29) is 0 Å². The van der Waals surface area contributed by atoms with Gasteiger partial charge in [-0.25, -0.2) is 0 Å². The average molecular weight is 244 g/mol. The third-order valence-corrected chi connectivity index (χ3v) is 4.50. The molecule has 18 heavy (non-hydrogen) atoms. The maximum Gasteiger partial charge on any atom is 0.0422 e. The zero-order valence-electron chi connectivity index (χ0n) is 11.6. The number of benzene rings is 1. The Labute approximate surface area is 110 Å². The molecule has 1 aromatic carbocycles. The molecule has 2 heteroatoms. The monoisotopic (exact) mass is 244 g/mol. The number of fused-ring (bicyclic) bond motifs is 1. The number of anilines is 2. The van der Waals surface area contributed by atoms with Crippen LogP contribution in [0.15, 0.2) is 18.2 Å². The fourth-order valence-electron chi connectivity index (χ4n) is 3.38. The molecule has 0 amide bonds. The summed E-state index contributed by atoms with van der Waals surface area (Å²) >= 11 is 0. The fraction of sp³-hybridized carbons (Fsp3) is 0.625. The molecular formula is C16H24N2. The van der Waals surface area contributed by atoms with Crippen molar-refractivity contribution in [2.45, 2.75) is 45.6 Å². The van der Waals surface area contributed by atoms with Crippen molar-refractivity contribution < 1.29 is 0 Å². The Morgan fingerprint density at radius 3 is 3.00 bits per heavy atom. The van der Waals surface area contributed by atoms with E-state index in [1.165, 1.54) is 43.6 Å². The SMILES string of the molecule is CC1CCC(C)N(c2cccc3c2CCCN3)C1. The molecule has 0 aliphatic carbocycles. The molecule has 2 atom stereocenters. The topological polar surface area (TPSA) is 15.3 Å². The maximum atomic E-state index is 3.54. The molecular weight excluding hydrogens is 220 g/mol. The molecule has 98 valence electrons. The Morgan fingerprint density at radius 1 is 1.22 bits per heavy atom.